The molecule has 0 N–H and O–H groups in total. The van der Waals surface area contributed by atoms with E-state index in [0.717, 1.165) is 17.1 Å². The summed E-state index contributed by atoms with van der Waals surface area (Å²) in [5.74, 6) is 1.73. The highest BCUT2D eigenvalue weighted by molar-refractivity contribution is 7.99. The number of thioether (sulfide) groups is 1. The molecular weight excluding hydrogens is 360 g/mol. The van der Waals surface area contributed by atoms with Crippen molar-refractivity contribution < 1.29 is 9.53 Å². The molecule has 0 aliphatic carbocycles. The largest absolute Gasteiger partial charge is 0.497 e. The molecule has 136 valence electrons. The number of benzene rings is 2. The minimum absolute atomic E-state index is 0.0157. The van der Waals surface area contributed by atoms with Crippen LogP contribution in [0.5, 0.6) is 5.75 Å². The van der Waals surface area contributed by atoms with Gasteiger partial charge in [0.1, 0.15) is 5.75 Å². The lowest BCUT2D eigenvalue weighted by atomic mass is 10.1. The van der Waals surface area contributed by atoms with Crippen LogP contribution in [0.2, 0.25) is 0 Å². The van der Waals surface area contributed by atoms with Gasteiger partial charge in [-0.3, -0.25) is 4.79 Å². The Morgan fingerprint density at radius 3 is 2.67 bits per heavy atom. The van der Waals surface area contributed by atoms with Gasteiger partial charge in [0.25, 0.3) is 0 Å². The van der Waals surface area contributed by atoms with Gasteiger partial charge in [-0.05, 0) is 31.2 Å². The van der Waals surface area contributed by atoms with Crippen LogP contribution >= 0.6 is 11.8 Å². The maximum absolute atomic E-state index is 12.4. The second-order valence-corrected chi connectivity index (χ2v) is 6.63. The smallest absolute Gasteiger partial charge is 0.191 e. The summed E-state index contributed by atoms with van der Waals surface area (Å²) in [5, 5.41) is 18.1. The quantitative estimate of drug-likeness (QED) is 0.459. The summed E-state index contributed by atoms with van der Waals surface area (Å²) in [6.45, 7) is 2.70. The number of ether oxygens (including phenoxy) is 1. The molecule has 0 spiro atoms. The third-order valence-corrected chi connectivity index (χ3v) is 5.00. The van der Waals surface area contributed by atoms with E-state index in [9.17, 15) is 4.79 Å². The molecule has 7 heteroatoms. The zero-order chi connectivity index (χ0) is 19.2. The first kappa shape index (κ1) is 18.7. The van der Waals surface area contributed by atoms with Gasteiger partial charge in [0.05, 0.1) is 24.5 Å². The van der Waals surface area contributed by atoms with Crippen molar-refractivity contribution in [3.63, 3.8) is 0 Å². The van der Waals surface area contributed by atoms with Crippen molar-refractivity contribution in [1.82, 2.24) is 14.8 Å². The van der Waals surface area contributed by atoms with E-state index < -0.39 is 0 Å². The lowest BCUT2D eigenvalue weighted by molar-refractivity contribution is 0.102. The Bertz CT molecular complexity index is 990. The highest BCUT2D eigenvalue weighted by Crippen LogP contribution is 2.26. The average Bonchev–Trinajstić information content (AvgIpc) is 3.15. The van der Waals surface area contributed by atoms with E-state index in [0.29, 0.717) is 22.8 Å². The third-order valence-electron chi connectivity index (χ3n) is 4.03. The van der Waals surface area contributed by atoms with E-state index in [2.05, 4.69) is 10.2 Å². The summed E-state index contributed by atoms with van der Waals surface area (Å²) >= 11 is 1.35. The lowest BCUT2D eigenvalue weighted by Crippen LogP contribution is -2.05. The van der Waals surface area contributed by atoms with Crippen molar-refractivity contribution in [3.8, 4) is 23.2 Å². The molecule has 0 saturated heterocycles. The molecule has 0 bridgehead atoms. The Labute approximate surface area is 161 Å². The molecule has 0 atom stereocenters. The summed E-state index contributed by atoms with van der Waals surface area (Å²) < 4.78 is 7.25. The molecule has 6 nitrogen and oxygen atoms in total. The molecule has 0 radical (unpaired) electrons. The van der Waals surface area contributed by atoms with Crippen LogP contribution in [-0.2, 0) is 6.54 Å². The van der Waals surface area contributed by atoms with Crippen LogP contribution < -0.4 is 4.74 Å². The van der Waals surface area contributed by atoms with Gasteiger partial charge in [0, 0.05) is 17.7 Å². The van der Waals surface area contributed by atoms with Gasteiger partial charge in [0.15, 0.2) is 16.8 Å². The number of ketones is 1. The number of rotatable bonds is 7. The normalized spacial score (nSPS) is 10.4. The first-order valence-corrected chi connectivity index (χ1v) is 9.38. The Balaban J connectivity index is 1.76. The minimum Gasteiger partial charge on any atom is -0.497 e. The fourth-order valence-electron chi connectivity index (χ4n) is 2.60. The van der Waals surface area contributed by atoms with Gasteiger partial charge in [-0.2, -0.15) is 5.26 Å². The Morgan fingerprint density at radius 2 is 2.00 bits per heavy atom. The predicted molar refractivity (Wildman–Crippen MR) is 104 cm³/mol. The number of nitriles is 1. The van der Waals surface area contributed by atoms with Gasteiger partial charge >= 0.3 is 0 Å². The van der Waals surface area contributed by atoms with Crippen molar-refractivity contribution >= 4 is 17.5 Å². The van der Waals surface area contributed by atoms with E-state index in [1.807, 2.05) is 41.8 Å². The molecular formula is C20H18N4O2S. The summed E-state index contributed by atoms with van der Waals surface area (Å²) in [4.78, 5) is 12.4. The third kappa shape index (κ3) is 4.18. The molecule has 0 aliphatic heterocycles. The van der Waals surface area contributed by atoms with Crippen molar-refractivity contribution in [2.75, 3.05) is 12.9 Å². The predicted octanol–water partition coefficient (Wildman–Crippen LogP) is 3.82. The molecule has 0 saturated carbocycles. The molecule has 0 unspecified atom stereocenters. The van der Waals surface area contributed by atoms with Gasteiger partial charge in [0.2, 0.25) is 0 Å². The standard InChI is InChI=1S/C20H18N4O2S/c1-3-24-19(16-5-4-6-17(11-16)26-2)22-23-20(24)27-13-18(25)15-9-7-14(12-21)8-10-15/h4-11H,3,13H2,1-2H3. The second kappa shape index (κ2) is 8.52. The molecule has 0 amide bonds. The number of Topliss-reactive ketones (excluding diaryl/α,β-unsaturated/α-hetero) is 1. The number of carbonyl (C=O) groups excluding carboxylic acids is 1. The second-order valence-electron chi connectivity index (χ2n) is 5.68. The number of aromatic nitrogens is 3. The van der Waals surface area contributed by atoms with Crippen LogP contribution in [0.4, 0.5) is 0 Å². The molecule has 3 aromatic rings. The highest BCUT2D eigenvalue weighted by Gasteiger charge is 2.15. The fraction of sp³-hybridized carbons (Fsp3) is 0.200. The van der Waals surface area contributed by atoms with Crippen LogP contribution in [0.25, 0.3) is 11.4 Å². The zero-order valence-corrected chi connectivity index (χ0v) is 15.9. The summed E-state index contributed by atoms with van der Waals surface area (Å²) in [7, 11) is 1.62. The van der Waals surface area contributed by atoms with E-state index >= 15 is 0 Å². The summed E-state index contributed by atoms with van der Waals surface area (Å²) in [5.41, 5.74) is 2.03. The monoisotopic (exact) mass is 378 g/mol. The van der Waals surface area contributed by atoms with Crippen LogP contribution in [0.15, 0.2) is 53.7 Å². The Morgan fingerprint density at radius 1 is 1.22 bits per heavy atom. The molecule has 1 aromatic heterocycles. The number of hydrogen-bond acceptors (Lipinski definition) is 6. The number of hydrogen-bond donors (Lipinski definition) is 0. The zero-order valence-electron chi connectivity index (χ0n) is 15.0. The summed E-state index contributed by atoms with van der Waals surface area (Å²) in [6, 6.07) is 16.3. The lowest BCUT2D eigenvalue weighted by Gasteiger charge is -2.08. The van der Waals surface area contributed by atoms with Crippen molar-refractivity contribution in [2.24, 2.45) is 0 Å². The maximum Gasteiger partial charge on any atom is 0.191 e. The summed E-state index contributed by atoms with van der Waals surface area (Å²) in [6.07, 6.45) is 0. The van der Waals surface area contributed by atoms with E-state index in [1.165, 1.54) is 11.8 Å². The van der Waals surface area contributed by atoms with E-state index in [4.69, 9.17) is 10.00 Å². The Hall–Kier alpha value is -3.11. The van der Waals surface area contributed by atoms with Crippen LogP contribution in [0.3, 0.4) is 0 Å². The topological polar surface area (TPSA) is 80.8 Å². The molecule has 0 aliphatic rings. The molecule has 2 aromatic carbocycles. The molecule has 27 heavy (non-hydrogen) atoms. The van der Waals surface area contributed by atoms with Crippen LogP contribution in [0.1, 0.15) is 22.8 Å². The van der Waals surface area contributed by atoms with E-state index in [-0.39, 0.29) is 11.5 Å². The maximum atomic E-state index is 12.4. The van der Waals surface area contributed by atoms with Crippen LogP contribution in [0, 0.1) is 11.3 Å². The van der Waals surface area contributed by atoms with Crippen LogP contribution in [-0.4, -0.2) is 33.4 Å². The van der Waals surface area contributed by atoms with Crippen molar-refractivity contribution in [3.05, 3.63) is 59.7 Å². The number of nitrogens with zero attached hydrogens (tertiary/aromatic N) is 4. The van der Waals surface area contributed by atoms with Gasteiger partial charge in [-0.25, -0.2) is 0 Å². The number of carbonyl (C=O) groups is 1. The van der Waals surface area contributed by atoms with Gasteiger partial charge in [-0.1, -0.05) is 36.0 Å². The molecule has 3 rings (SSSR count). The Kier molecular flexibility index (Phi) is 5.89. The van der Waals surface area contributed by atoms with E-state index in [1.54, 1.807) is 31.4 Å². The first-order valence-electron chi connectivity index (χ1n) is 8.40. The van der Waals surface area contributed by atoms with Crippen molar-refractivity contribution in [2.45, 2.75) is 18.6 Å². The van der Waals surface area contributed by atoms with Gasteiger partial charge < -0.3 is 9.30 Å². The van der Waals surface area contributed by atoms with Crippen molar-refractivity contribution in [1.29, 1.82) is 5.26 Å². The number of methoxy groups -OCH3 is 1. The SMILES string of the molecule is CCn1c(SCC(=O)c2ccc(C#N)cc2)nnc1-c1cccc(OC)c1. The fourth-order valence-corrected chi connectivity index (χ4v) is 3.50. The first-order chi connectivity index (χ1) is 13.2. The molecule has 0 fully saturated rings. The minimum atomic E-state index is -0.0157. The highest BCUT2D eigenvalue weighted by atomic mass is 32.2. The van der Waals surface area contributed by atoms with Gasteiger partial charge in [-0.15, -0.1) is 10.2 Å². The average molecular weight is 378 g/mol. The molecule has 1 heterocycles.